The minimum atomic E-state index is -0.624. The molecule has 1 rings (SSSR count). The molecule has 0 amide bonds. The van der Waals surface area contributed by atoms with E-state index in [0.29, 0.717) is 22.0 Å². The zero-order valence-corrected chi connectivity index (χ0v) is 10.1. The van der Waals surface area contributed by atoms with Gasteiger partial charge in [-0.3, -0.25) is 4.79 Å². The Bertz CT molecular complexity index is 364. The molecule has 0 aliphatic rings. The largest absolute Gasteiger partial charge is 0.369 e. The third-order valence-electron chi connectivity index (χ3n) is 2.14. The number of benzene rings is 1. The Labute approximate surface area is 99.1 Å². The van der Waals surface area contributed by atoms with Crippen LogP contribution in [0.25, 0.3) is 0 Å². The molecule has 0 bridgehead atoms. The lowest BCUT2D eigenvalue weighted by atomic mass is 10.0. The smallest absolute Gasteiger partial charge is 0.165 e. The van der Waals surface area contributed by atoms with Gasteiger partial charge in [0.2, 0.25) is 0 Å². The molecule has 0 radical (unpaired) electrons. The fourth-order valence-electron chi connectivity index (χ4n) is 1.34. The van der Waals surface area contributed by atoms with Crippen LogP contribution in [0.4, 0.5) is 0 Å². The number of hydrogen-bond donors (Lipinski definition) is 0. The molecule has 2 nitrogen and oxygen atoms in total. The summed E-state index contributed by atoms with van der Waals surface area (Å²) in [6.45, 7) is 1.78. The van der Waals surface area contributed by atoms with E-state index in [1.165, 1.54) is 7.11 Å². The summed E-state index contributed by atoms with van der Waals surface area (Å²) >= 11 is 11.9. The summed E-state index contributed by atoms with van der Waals surface area (Å²) in [5, 5.41) is 0.813. The van der Waals surface area contributed by atoms with Crippen molar-refractivity contribution in [2.45, 2.75) is 19.4 Å². The number of methoxy groups -OCH3 is 1. The molecule has 0 aromatic heterocycles. The zero-order chi connectivity index (χ0) is 11.4. The van der Waals surface area contributed by atoms with Crippen molar-refractivity contribution in [3.05, 3.63) is 33.8 Å². The maximum atomic E-state index is 11.6. The highest BCUT2D eigenvalue weighted by Gasteiger charge is 2.21. The number of carbonyl (C=O) groups excluding carboxylic acids is 1. The highest BCUT2D eigenvalue weighted by atomic mass is 35.5. The van der Waals surface area contributed by atoms with Crippen molar-refractivity contribution in [3.63, 3.8) is 0 Å². The van der Waals surface area contributed by atoms with Crippen LogP contribution in [-0.4, -0.2) is 12.9 Å². The summed E-state index contributed by atoms with van der Waals surface area (Å²) in [5.41, 5.74) is 0.624. The average molecular weight is 247 g/mol. The molecule has 1 atom stereocenters. The van der Waals surface area contributed by atoms with Gasteiger partial charge in [0.1, 0.15) is 6.10 Å². The lowest BCUT2D eigenvalue weighted by Crippen LogP contribution is -2.13. The number of ketones is 1. The van der Waals surface area contributed by atoms with Crippen LogP contribution in [0.1, 0.15) is 25.0 Å². The van der Waals surface area contributed by atoms with E-state index in [4.69, 9.17) is 27.9 Å². The maximum absolute atomic E-state index is 11.6. The molecule has 0 aliphatic carbocycles. The van der Waals surface area contributed by atoms with Gasteiger partial charge < -0.3 is 4.74 Å². The van der Waals surface area contributed by atoms with Gasteiger partial charge in [0.05, 0.1) is 10.0 Å². The van der Waals surface area contributed by atoms with E-state index in [1.54, 1.807) is 25.1 Å². The molecular weight excluding hydrogens is 235 g/mol. The topological polar surface area (TPSA) is 26.3 Å². The molecule has 1 aromatic carbocycles. The SMILES string of the molecule is CCC(=O)C(OC)c1cccc(Cl)c1Cl. The number of ether oxygens (including phenoxy) is 1. The van der Waals surface area contributed by atoms with E-state index >= 15 is 0 Å². The zero-order valence-electron chi connectivity index (χ0n) is 8.59. The Morgan fingerprint density at radius 1 is 1.47 bits per heavy atom. The molecule has 4 heteroatoms. The molecule has 0 spiro atoms. The van der Waals surface area contributed by atoms with Crippen LogP contribution in [0.15, 0.2) is 18.2 Å². The number of rotatable bonds is 4. The Hall–Kier alpha value is -0.570. The third kappa shape index (κ3) is 2.71. The summed E-state index contributed by atoms with van der Waals surface area (Å²) in [4.78, 5) is 11.6. The Balaban J connectivity index is 3.12. The monoisotopic (exact) mass is 246 g/mol. The first-order chi connectivity index (χ1) is 7.11. The Morgan fingerprint density at radius 3 is 2.67 bits per heavy atom. The van der Waals surface area contributed by atoms with E-state index in [-0.39, 0.29) is 5.78 Å². The molecular formula is C11H12Cl2O2. The van der Waals surface area contributed by atoms with Crippen LogP contribution >= 0.6 is 23.2 Å². The molecule has 0 heterocycles. The number of halogens is 2. The number of Topliss-reactive ketones (excluding diaryl/α,β-unsaturated/α-hetero) is 1. The first-order valence-electron chi connectivity index (χ1n) is 4.61. The van der Waals surface area contributed by atoms with E-state index in [2.05, 4.69) is 0 Å². The summed E-state index contributed by atoms with van der Waals surface area (Å²) in [6, 6.07) is 5.17. The van der Waals surface area contributed by atoms with E-state index < -0.39 is 6.10 Å². The van der Waals surface area contributed by atoms with Crippen molar-refractivity contribution in [1.82, 2.24) is 0 Å². The lowest BCUT2D eigenvalue weighted by molar-refractivity contribution is -0.128. The van der Waals surface area contributed by atoms with Gasteiger partial charge in [-0.25, -0.2) is 0 Å². The van der Waals surface area contributed by atoms with Gasteiger partial charge in [-0.05, 0) is 6.07 Å². The van der Waals surface area contributed by atoms with E-state index in [0.717, 1.165) is 0 Å². The maximum Gasteiger partial charge on any atom is 0.165 e. The Morgan fingerprint density at radius 2 is 2.13 bits per heavy atom. The van der Waals surface area contributed by atoms with Crippen molar-refractivity contribution in [2.24, 2.45) is 0 Å². The average Bonchev–Trinajstić information content (AvgIpc) is 2.24. The predicted octanol–water partition coefficient (Wildman–Crippen LogP) is 3.66. The van der Waals surface area contributed by atoms with Crippen LogP contribution in [0.5, 0.6) is 0 Å². The normalized spacial score (nSPS) is 12.5. The summed E-state index contributed by atoms with van der Waals surface area (Å²) in [7, 11) is 1.48. The van der Waals surface area contributed by atoms with Gasteiger partial charge in [0, 0.05) is 19.1 Å². The van der Waals surface area contributed by atoms with Gasteiger partial charge in [-0.2, -0.15) is 0 Å². The summed E-state index contributed by atoms with van der Waals surface area (Å²) in [5.74, 6) is -0.0123. The lowest BCUT2D eigenvalue weighted by Gasteiger charge is -2.15. The van der Waals surface area contributed by atoms with Gasteiger partial charge in [-0.1, -0.05) is 42.3 Å². The van der Waals surface area contributed by atoms with Crippen molar-refractivity contribution in [1.29, 1.82) is 0 Å². The molecule has 82 valence electrons. The molecule has 15 heavy (non-hydrogen) atoms. The minimum absolute atomic E-state index is 0.0123. The van der Waals surface area contributed by atoms with Crippen LogP contribution in [0.3, 0.4) is 0 Å². The van der Waals surface area contributed by atoms with Crippen molar-refractivity contribution < 1.29 is 9.53 Å². The van der Waals surface area contributed by atoms with Gasteiger partial charge in [-0.15, -0.1) is 0 Å². The molecule has 0 fully saturated rings. The standard InChI is InChI=1S/C11H12Cl2O2/c1-3-9(14)11(15-2)7-5-4-6-8(12)10(7)13/h4-6,11H,3H2,1-2H3. The fraction of sp³-hybridized carbons (Fsp3) is 0.364. The number of hydrogen-bond acceptors (Lipinski definition) is 2. The molecule has 1 aromatic rings. The summed E-state index contributed by atoms with van der Waals surface area (Å²) < 4.78 is 5.13. The van der Waals surface area contributed by atoms with Crippen molar-refractivity contribution in [3.8, 4) is 0 Å². The first-order valence-corrected chi connectivity index (χ1v) is 5.36. The van der Waals surface area contributed by atoms with Gasteiger partial charge in [0.25, 0.3) is 0 Å². The molecule has 0 saturated carbocycles. The minimum Gasteiger partial charge on any atom is -0.369 e. The van der Waals surface area contributed by atoms with Gasteiger partial charge in [0.15, 0.2) is 5.78 Å². The van der Waals surface area contributed by atoms with Crippen LogP contribution in [0.2, 0.25) is 10.0 Å². The van der Waals surface area contributed by atoms with Crippen molar-refractivity contribution in [2.75, 3.05) is 7.11 Å². The summed E-state index contributed by atoms with van der Waals surface area (Å²) in [6.07, 6.45) is -0.220. The second kappa shape index (κ2) is 5.50. The third-order valence-corrected chi connectivity index (χ3v) is 2.97. The van der Waals surface area contributed by atoms with Crippen molar-refractivity contribution >= 4 is 29.0 Å². The molecule has 0 N–H and O–H groups in total. The van der Waals surface area contributed by atoms with Gasteiger partial charge >= 0.3 is 0 Å². The highest BCUT2D eigenvalue weighted by molar-refractivity contribution is 6.42. The van der Waals surface area contributed by atoms with E-state index in [9.17, 15) is 4.79 Å². The molecule has 0 aliphatic heterocycles. The second-order valence-corrected chi connectivity index (χ2v) is 3.86. The number of carbonyl (C=O) groups is 1. The highest BCUT2D eigenvalue weighted by Crippen LogP contribution is 2.32. The predicted molar refractivity (Wildman–Crippen MR) is 61.5 cm³/mol. The Kier molecular flexibility index (Phi) is 4.58. The molecule has 0 saturated heterocycles. The molecule has 1 unspecified atom stereocenters. The van der Waals surface area contributed by atoms with Crippen LogP contribution in [-0.2, 0) is 9.53 Å². The fourth-order valence-corrected chi connectivity index (χ4v) is 1.75. The van der Waals surface area contributed by atoms with E-state index in [1.807, 2.05) is 0 Å². The second-order valence-electron chi connectivity index (χ2n) is 3.08. The quantitative estimate of drug-likeness (QED) is 0.811. The van der Waals surface area contributed by atoms with Crippen LogP contribution < -0.4 is 0 Å². The van der Waals surface area contributed by atoms with Crippen LogP contribution in [0, 0.1) is 0 Å². The first kappa shape index (κ1) is 12.5.